The molecule has 3 unspecified atom stereocenters. The Kier molecular flexibility index (Phi) is 6.86. The van der Waals surface area contributed by atoms with Gasteiger partial charge in [-0.15, -0.1) is 12.4 Å². The standard InChI is InChI=1S/C16H26N2O2S.ClH/c1-12(17)15-5-4-10-18(11-15)13(2)14-6-8-16(9-7-14)21(3,19)20;/h6-9,12-13,15H,4-5,10-11,17H2,1-3H3;1H. The zero-order valence-electron chi connectivity index (χ0n) is 13.5. The number of sulfone groups is 1. The number of hydrogen-bond donors (Lipinski definition) is 1. The highest BCUT2D eigenvalue weighted by Crippen LogP contribution is 2.28. The fraction of sp³-hybridized carbons (Fsp3) is 0.625. The van der Waals surface area contributed by atoms with E-state index in [0.717, 1.165) is 18.7 Å². The van der Waals surface area contributed by atoms with E-state index < -0.39 is 9.84 Å². The third kappa shape index (κ3) is 4.69. The fourth-order valence-corrected chi connectivity index (χ4v) is 3.66. The molecule has 0 bridgehead atoms. The Hall–Kier alpha value is -0.620. The molecule has 3 atom stereocenters. The van der Waals surface area contributed by atoms with Crippen LogP contribution in [0.2, 0.25) is 0 Å². The van der Waals surface area contributed by atoms with Gasteiger partial charge in [-0.1, -0.05) is 12.1 Å². The van der Waals surface area contributed by atoms with Crippen molar-refractivity contribution in [2.24, 2.45) is 11.7 Å². The van der Waals surface area contributed by atoms with Crippen molar-refractivity contribution < 1.29 is 8.42 Å². The highest BCUT2D eigenvalue weighted by Gasteiger charge is 2.26. The van der Waals surface area contributed by atoms with Crippen molar-refractivity contribution in [2.75, 3.05) is 19.3 Å². The molecule has 1 aliphatic rings. The molecule has 0 saturated carbocycles. The molecule has 0 amide bonds. The van der Waals surface area contributed by atoms with Gasteiger partial charge in [-0.3, -0.25) is 4.90 Å². The van der Waals surface area contributed by atoms with E-state index in [2.05, 4.69) is 18.7 Å². The molecule has 1 aromatic carbocycles. The van der Waals surface area contributed by atoms with E-state index in [9.17, 15) is 8.42 Å². The van der Waals surface area contributed by atoms with Crippen LogP contribution in [-0.4, -0.2) is 38.7 Å². The van der Waals surface area contributed by atoms with Crippen LogP contribution < -0.4 is 5.73 Å². The van der Waals surface area contributed by atoms with Gasteiger partial charge in [0.1, 0.15) is 0 Å². The van der Waals surface area contributed by atoms with E-state index in [1.165, 1.54) is 19.1 Å². The Balaban J connectivity index is 0.00000242. The van der Waals surface area contributed by atoms with E-state index in [1.807, 2.05) is 12.1 Å². The molecule has 6 heteroatoms. The second-order valence-electron chi connectivity index (χ2n) is 6.27. The largest absolute Gasteiger partial charge is 0.328 e. The third-order valence-corrected chi connectivity index (χ3v) is 5.70. The number of likely N-dealkylation sites (tertiary alicyclic amines) is 1. The summed E-state index contributed by atoms with van der Waals surface area (Å²) in [6.07, 6.45) is 3.62. The van der Waals surface area contributed by atoms with Crippen molar-refractivity contribution in [2.45, 2.75) is 43.7 Å². The van der Waals surface area contributed by atoms with Crippen LogP contribution in [0, 0.1) is 5.92 Å². The van der Waals surface area contributed by atoms with E-state index in [-0.39, 0.29) is 18.4 Å². The minimum Gasteiger partial charge on any atom is -0.328 e. The minimum atomic E-state index is -3.12. The van der Waals surface area contributed by atoms with E-state index >= 15 is 0 Å². The highest BCUT2D eigenvalue weighted by molar-refractivity contribution is 7.90. The molecule has 0 aromatic heterocycles. The second kappa shape index (κ2) is 7.77. The average molecular weight is 347 g/mol. The predicted molar refractivity (Wildman–Crippen MR) is 93.2 cm³/mol. The molecule has 0 aliphatic carbocycles. The molecule has 126 valence electrons. The maximum absolute atomic E-state index is 11.5. The minimum absolute atomic E-state index is 0. The van der Waals surface area contributed by atoms with Gasteiger partial charge in [-0.25, -0.2) is 8.42 Å². The Morgan fingerprint density at radius 3 is 2.32 bits per heavy atom. The highest BCUT2D eigenvalue weighted by atomic mass is 35.5. The summed E-state index contributed by atoms with van der Waals surface area (Å²) in [5, 5.41) is 0. The van der Waals surface area contributed by atoms with Gasteiger partial charge in [0.25, 0.3) is 0 Å². The summed E-state index contributed by atoms with van der Waals surface area (Å²) >= 11 is 0. The SMILES string of the molecule is CC(N)C1CCCN(C(C)c2ccc(S(C)(=O)=O)cc2)C1.Cl. The molecule has 2 rings (SSSR count). The molecule has 1 heterocycles. The van der Waals surface area contributed by atoms with Crippen molar-refractivity contribution in [1.29, 1.82) is 0 Å². The van der Waals surface area contributed by atoms with Crippen molar-refractivity contribution in [1.82, 2.24) is 4.90 Å². The first-order valence-electron chi connectivity index (χ1n) is 7.58. The Bertz CT molecular complexity index is 572. The van der Waals surface area contributed by atoms with Gasteiger partial charge in [0, 0.05) is 24.9 Å². The van der Waals surface area contributed by atoms with Crippen LogP contribution in [0.1, 0.15) is 38.3 Å². The molecule has 4 nitrogen and oxygen atoms in total. The Morgan fingerprint density at radius 1 is 1.23 bits per heavy atom. The topological polar surface area (TPSA) is 63.4 Å². The molecular weight excluding hydrogens is 320 g/mol. The van der Waals surface area contributed by atoms with Crippen LogP contribution in [0.4, 0.5) is 0 Å². The molecule has 1 aliphatic heterocycles. The number of nitrogens with two attached hydrogens (primary N) is 1. The van der Waals surface area contributed by atoms with Gasteiger partial charge in [0.05, 0.1) is 4.90 Å². The van der Waals surface area contributed by atoms with E-state index in [1.54, 1.807) is 12.1 Å². The van der Waals surface area contributed by atoms with Crippen LogP contribution in [0.3, 0.4) is 0 Å². The first-order chi connectivity index (χ1) is 9.79. The van der Waals surface area contributed by atoms with E-state index in [4.69, 9.17) is 5.73 Å². The molecule has 1 fully saturated rings. The Morgan fingerprint density at radius 2 is 1.82 bits per heavy atom. The zero-order chi connectivity index (χ0) is 15.6. The van der Waals surface area contributed by atoms with Crippen LogP contribution in [-0.2, 0) is 9.84 Å². The predicted octanol–water partition coefficient (Wildman–Crippen LogP) is 2.63. The van der Waals surface area contributed by atoms with Gasteiger partial charge in [0.15, 0.2) is 9.84 Å². The molecule has 2 N–H and O–H groups in total. The number of halogens is 1. The quantitative estimate of drug-likeness (QED) is 0.910. The molecule has 0 radical (unpaired) electrons. The maximum atomic E-state index is 11.5. The molecule has 22 heavy (non-hydrogen) atoms. The Labute approximate surface area is 140 Å². The molecular formula is C16H27ClN2O2S. The maximum Gasteiger partial charge on any atom is 0.175 e. The lowest BCUT2D eigenvalue weighted by atomic mass is 9.90. The van der Waals surface area contributed by atoms with Crippen molar-refractivity contribution in [3.8, 4) is 0 Å². The lowest BCUT2D eigenvalue weighted by Crippen LogP contribution is -2.43. The normalized spacial score (nSPS) is 22.6. The smallest absolute Gasteiger partial charge is 0.175 e. The number of benzene rings is 1. The molecule has 1 aromatic rings. The van der Waals surface area contributed by atoms with Gasteiger partial charge >= 0.3 is 0 Å². The number of piperidine rings is 1. The van der Waals surface area contributed by atoms with Gasteiger partial charge < -0.3 is 5.73 Å². The molecule has 1 saturated heterocycles. The summed E-state index contributed by atoms with van der Waals surface area (Å²) in [6, 6.07) is 7.78. The van der Waals surface area contributed by atoms with Crippen molar-refractivity contribution in [3.05, 3.63) is 29.8 Å². The van der Waals surface area contributed by atoms with Crippen LogP contribution >= 0.6 is 12.4 Å². The molecule has 0 spiro atoms. The van der Waals surface area contributed by atoms with Crippen LogP contribution in [0.25, 0.3) is 0 Å². The number of rotatable bonds is 4. The summed E-state index contributed by atoms with van der Waals surface area (Å²) in [5.74, 6) is 0.552. The van der Waals surface area contributed by atoms with Gasteiger partial charge in [-0.2, -0.15) is 0 Å². The average Bonchev–Trinajstić information content (AvgIpc) is 2.46. The number of hydrogen-bond acceptors (Lipinski definition) is 4. The fourth-order valence-electron chi connectivity index (χ4n) is 3.03. The first-order valence-corrected chi connectivity index (χ1v) is 9.48. The summed E-state index contributed by atoms with van der Waals surface area (Å²) in [7, 11) is -3.12. The summed E-state index contributed by atoms with van der Waals surface area (Å²) in [6.45, 7) is 6.36. The second-order valence-corrected chi connectivity index (χ2v) is 8.29. The zero-order valence-corrected chi connectivity index (χ0v) is 15.2. The van der Waals surface area contributed by atoms with Crippen LogP contribution in [0.15, 0.2) is 29.2 Å². The number of nitrogens with zero attached hydrogens (tertiary/aromatic N) is 1. The van der Waals surface area contributed by atoms with Crippen molar-refractivity contribution >= 4 is 22.2 Å². The summed E-state index contributed by atoms with van der Waals surface area (Å²) in [4.78, 5) is 2.83. The van der Waals surface area contributed by atoms with E-state index in [0.29, 0.717) is 16.9 Å². The summed E-state index contributed by atoms with van der Waals surface area (Å²) in [5.41, 5.74) is 7.20. The summed E-state index contributed by atoms with van der Waals surface area (Å²) < 4.78 is 23.0. The van der Waals surface area contributed by atoms with Gasteiger partial charge in [0.2, 0.25) is 0 Å². The first kappa shape index (κ1) is 19.4. The lowest BCUT2D eigenvalue weighted by molar-refractivity contribution is 0.121. The van der Waals surface area contributed by atoms with Crippen molar-refractivity contribution in [3.63, 3.8) is 0 Å². The van der Waals surface area contributed by atoms with Crippen LogP contribution in [0.5, 0.6) is 0 Å². The third-order valence-electron chi connectivity index (χ3n) is 4.57. The lowest BCUT2D eigenvalue weighted by Gasteiger charge is -2.38. The van der Waals surface area contributed by atoms with Gasteiger partial charge in [-0.05, 0) is 56.8 Å². The monoisotopic (exact) mass is 346 g/mol.